The third-order valence-corrected chi connectivity index (χ3v) is 6.50. The van der Waals surface area contributed by atoms with Crippen LogP contribution >= 0.6 is 0 Å². The molecule has 134 valence electrons. The highest BCUT2D eigenvalue weighted by Crippen LogP contribution is 2.28. The van der Waals surface area contributed by atoms with Gasteiger partial charge in [0.25, 0.3) is 5.56 Å². The maximum atomic E-state index is 12.9. The number of ether oxygens (including phenoxy) is 1. The van der Waals surface area contributed by atoms with E-state index in [0.717, 1.165) is 16.7 Å². The first-order chi connectivity index (χ1) is 12.5. The van der Waals surface area contributed by atoms with E-state index in [1.807, 2.05) is 36.4 Å². The van der Waals surface area contributed by atoms with Crippen LogP contribution in [-0.2, 0) is 9.84 Å². The van der Waals surface area contributed by atoms with Gasteiger partial charge in [0.1, 0.15) is 5.75 Å². The Morgan fingerprint density at radius 1 is 1.08 bits per heavy atom. The molecule has 3 aromatic rings. The van der Waals surface area contributed by atoms with Crippen molar-refractivity contribution in [1.82, 2.24) is 9.78 Å². The smallest absolute Gasteiger partial charge is 0.274 e. The molecule has 2 heterocycles. The molecular weight excluding hydrogens is 352 g/mol. The first kappa shape index (κ1) is 16.8. The van der Waals surface area contributed by atoms with Gasteiger partial charge in [-0.25, -0.2) is 13.1 Å². The molecular formula is C19H18N2O4S. The lowest BCUT2D eigenvalue weighted by molar-refractivity contribution is 0.415. The van der Waals surface area contributed by atoms with E-state index in [-0.39, 0.29) is 17.1 Å². The van der Waals surface area contributed by atoms with E-state index in [0.29, 0.717) is 17.5 Å². The van der Waals surface area contributed by atoms with Gasteiger partial charge in [-0.3, -0.25) is 4.79 Å². The number of rotatable bonds is 3. The van der Waals surface area contributed by atoms with Gasteiger partial charge < -0.3 is 4.74 Å². The molecule has 0 aliphatic carbocycles. The van der Waals surface area contributed by atoms with Crippen molar-refractivity contribution >= 4 is 20.6 Å². The average molecular weight is 370 g/mol. The molecule has 1 aromatic heterocycles. The van der Waals surface area contributed by atoms with Gasteiger partial charge in [0, 0.05) is 10.9 Å². The molecule has 2 aromatic carbocycles. The van der Waals surface area contributed by atoms with Crippen LogP contribution in [0.25, 0.3) is 22.0 Å². The van der Waals surface area contributed by atoms with E-state index in [4.69, 9.17) is 4.74 Å². The van der Waals surface area contributed by atoms with Gasteiger partial charge in [0.15, 0.2) is 9.84 Å². The molecule has 1 atom stereocenters. The summed E-state index contributed by atoms with van der Waals surface area (Å²) in [5.41, 5.74) is 1.25. The molecule has 0 radical (unpaired) electrons. The van der Waals surface area contributed by atoms with Gasteiger partial charge in [-0.15, -0.1) is 0 Å². The van der Waals surface area contributed by atoms with Gasteiger partial charge in [0.2, 0.25) is 0 Å². The molecule has 4 rings (SSSR count). The van der Waals surface area contributed by atoms with Crippen LogP contribution in [0.5, 0.6) is 5.75 Å². The highest BCUT2D eigenvalue weighted by atomic mass is 32.2. The van der Waals surface area contributed by atoms with Crippen molar-refractivity contribution in [2.45, 2.75) is 12.5 Å². The number of sulfone groups is 1. The van der Waals surface area contributed by atoms with Crippen LogP contribution in [0, 0.1) is 0 Å². The standard InChI is InChI=1S/C19H18N2O4S/c1-25-15-8-6-13(7-9-15)18-16-4-2-3-5-17(16)19(22)21(20-18)14-10-11-26(23,24)12-14/h2-9,14H,10-12H2,1H3. The maximum absolute atomic E-state index is 12.9. The Hall–Kier alpha value is -2.67. The molecule has 1 aliphatic rings. The summed E-state index contributed by atoms with van der Waals surface area (Å²) in [4.78, 5) is 12.9. The molecule has 1 fully saturated rings. The minimum absolute atomic E-state index is 0.0414. The molecule has 6 nitrogen and oxygen atoms in total. The van der Waals surface area contributed by atoms with Gasteiger partial charge in [-0.1, -0.05) is 18.2 Å². The largest absolute Gasteiger partial charge is 0.497 e. The molecule has 0 bridgehead atoms. The van der Waals surface area contributed by atoms with Crippen LogP contribution in [0.1, 0.15) is 12.5 Å². The summed E-state index contributed by atoms with van der Waals surface area (Å²) in [6.07, 6.45) is 0.412. The number of hydrogen-bond donors (Lipinski definition) is 0. The summed E-state index contributed by atoms with van der Waals surface area (Å²) in [7, 11) is -1.52. The molecule has 1 unspecified atom stereocenters. The van der Waals surface area contributed by atoms with Crippen molar-refractivity contribution in [2.24, 2.45) is 0 Å². The lowest BCUT2D eigenvalue weighted by Crippen LogP contribution is -2.28. The van der Waals surface area contributed by atoms with Gasteiger partial charge in [0.05, 0.1) is 35.7 Å². The summed E-state index contributed by atoms with van der Waals surface area (Å²) in [5, 5.41) is 5.86. The Morgan fingerprint density at radius 3 is 2.38 bits per heavy atom. The third-order valence-electron chi connectivity index (χ3n) is 4.75. The number of nitrogens with zero attached hydrogens (tertiary/aromatic N) is 2. The Bertz CT molecular complexity index is 1130. The van der Waals surface area contributed by atoms with Crippen molar-refractivity contribution in [3.8, 4) is 17.0 Å². The minimum Gasteiger partial charge on any atom is -0.497 e. The molecule has 1 saturated heterocycles. The molecule has 0 saturated carbocycles. The summed E-state index contributed by atoms with van der Waals surface area (Å²) >= 11 is 0. The molecule has 1 aliphatic heterocycles. The minimum atomic E-state index is -3.12. The second-order valence-corrected chi connectivity index (χ2v) is 8.66. The number of fused-ring (bicyclic) bond motifs is 1. The summed E-state index contributed by atoms with van der Waals surface area (Å²) in [5.74, 6) is 0.782. The first-order valence-corrected chi connectivity index (χ1v) is 10.2. The van der Waals surface area contributed by atoms with E-state index in [2.05, 4.69) is 5.10 Å². The fraction of sp³-hybridized carbons (Fsp3) is 0.263. The zero-order valence-electron chi connectivity index (χ0n) is 14.3. The Kier molecular flexibility index (Phi) is 4.03. The highest BCUT2D eigenvalue weighted by Gasteiger charge is 2.31. The quantitative estimate of drug-likeness (QED) is 0.708. The molecule has 0 N–H and O–H groups in total. The van der Waals surface area contributed by atoms with Crippen LogP contribution in [0.4, 0.5) is 0 Å². The van der Waals surface area contributed by atoms with Crippen LogP contribution in [0.3, 0.4) is 0 Å². The fourth-order valence-corrected chi connectivity index (χ4v) is 5.08. The molecule has 26 heavy (non-hydrogen) atoms. The predicted octanol–water partition coefficient (Wildman–Crippen LogP) is 2.43. The second-order valence-electron chi connectivity index (χ2n) is 6.43. The first-order valence-electron chi connectivity index (χ1n) is 8.35. The predicted molar refractivity (Wildman–Crippen MR) is 100 cm³/mol. The number of aromatic nitrogens is 2. The second kappa shape index (κ2) is 6.25. The van der Waals surface area contributed by atoms with Gasteiger partial charge in [-0.2, -0.15) is 5.10 Å². The van der Waals surface area contributed by atoms with E-state index in [9.17, 15) is 13.2 Å². The molecule has 0 spiro atoms. The molecule has 0 amide bonds. The zero-order chi connectivity index (χ0) is 18.3. The monoisotopic (exact) mass is 370 g/mol. The summed E-state index contributed by atoms with van der Waals surface area (Å²) in [6, 6.07) is 14.3. The third kappa shape index (κ3) is 2.88. The van der Waals surface area contributed by atoms with Crippen molar-refractivity contribution < 1.29 is 13.2 Å². The summed E-state index contributed by atoms with van der Waals surface area (Å²) in [6.45, 7) is 0. The van der Waals surface area contributed by atoms with Crippen molar-refractivity contribution in [1.29, 1.82) is 0 Å². The topological polar surface area (TPSA) is 78.3 Å². The average Bonchev–Trinajstić information content (AvgIpc) is 3.02. The van der Waals surface area contributed by atoms with E-state index in [1.165, 1.54) is 4.68 Å². The Morgan fingerprint density at radius 2 is 1.77 bits per heavy atom. The van der Waals surface area contributed by atoms with Crippen molar-refractivity contribution in [2.75, 3.05) is 18.6 Å². The van der Waals surface area contributed by atoms with Crippen molar-refractivity contribution in [3.63, 3.8) is 0 Å². The number of hydrogen-bond acceptors (Lipinski definition) is 5. The van der Waals surface area contributed by atoms with Gasteiger partial charge in [-0.05, 0) is 36.8 Å². The normalized spacial score (nSPS) is 18.9. The van der Waals surface area contributed by atoms with E-state index >= 15 is 0 Å². The van der Waals surface area contributed by atoms with Crippen LogP contribution in [-0.4, -0.2) is 36.8 Å². The zero-order valence-corrected chi connectivity index (χ0v) is 15.1. The van der Waals surface area contributed by atoms with E-state index in [1.54, 1.807) is 19.2 Å². The van der Waals surface area contributed by atoms with Crippen LogP contribution in [0.15, 0.2) is 53.3 Å². The highest BCUT2D eigenvalue weighted by molar-refractivity contribution is 7.91. The molecule has 7 heteroatoms. The lowest BCUT2D eigenvalue weighted by Gasteiger charge is -2.15. The maximum Gasteiger partial charge on any atom is 0.274 e. The summed E-state index contributed by atoms with van der Waals surface area (Å²) < 4.78 is 30.3. The number of benzene rings is 2. The van der Waals surface area contributed by atoms with Crippen LogP contribution in [0.2, 0.25) is 0 Å². The SMILES string of the molecule is COc1ccc(-c2nn(C3CCS(=O)(=O)C3)c(=O)c3ccccc23)cc1. The lowest BCUT2D eigenvalue weighted by atomic mass is 10.0. The Labute approximate surface area is 151 Å². The van der Waals surface area contributed by atoms with Crippen LogP contribution < -0.4 is 10.3 Å². The van der Waals surface area contributed by atoms with Crippen molar-refractivity contribution in [3.05, 3.63) is 58.9 Å². The fourth-order valence-electron chi connectivity index (χ4n) is 3.38. The Balaban J connectivity index is 1.94. The number of methoxy groups -OCH3 is 1. The van der Waals surface area contributed by atoms with Gasteiger partial charge >= 0.3 is 0 Å². The van der Waals surface area contributed by atoms with E-state index < -0.39 is 15.9 Å².